The highest BCUT2D eigenvalue weighted by Crippen LogP contribution is 2.23. The second kappa shape index (κ2) is 4.89. The van der Waals surface area contributed by atoms with Gasteiger partial charge < -0.3 is 14.7 Å². The number of hydrogen-bond acceptors (Lipinski definition) is 3. The zero-order valence-corrected chi connectivity index (χ0v) is 9.77. The molecular formula is C12H13F2NO3. The number of alkyl halides is 1. The van der Waals surface area contributed by atoms with Gasteiger partial charge in [0, 0.05) is 6.54 Å². The molecule has 1 amide bonds. The number of aliphatic hydroxyl groups excluding tert-OH is 1. The van der Waals surface area contributed by atoms with Gasteiger partial charge in [-0.3, -0.25) is 4.79 Å². The van der Waals surface area contributed by atoms with E-state index in [0.717, 1.165) is 4.90 Å². The van der Waals surface area contributed by atoms with Crippen molar-refractivity contribution in [3.63, 3.8) is 0 Å². The molecule has 1 aromatic rings. The lowest BCUT2D eigenvalue weighted by molar-refractivity contribution is 0.0759. The Bertz CT molecular complexity index is 457. The van der Waals surface area contributed by atoms with Gasteiger partial charge in [0.1, 0.15) is 12.3 Å². The molecule has 2 rings (SSSR count). The summed E-state index contributed by atoms with van der Waals surface area (Å²) in [5.74, 6) is -1.47. The molecule has 1 aliphatic heterocycles. The van der Waals surface area contributed by atoms with E-state index >= 15 is 0 Å². The molecule has 1 saturated heterocycles. The van der Waals surface area contributed by atoms with Crippen molar-refractivity contribution in [2.24, 2.45) is 0 Å². The number of aliphatic hydroxyl groups is 1. The topological polar surface area (TPSA) is 49.8 Å². The quantitative estimate of drug-likeness (QED) is 0.859. The molecule has 0 unspecified atom stereocenters. The third-order valence-electron chi connectivity index (χ3n) is 2.92. The highest BCUT2D eigenvalue weighted by atomic mass is 19.1. The van der Waals surface area contributed by atoms with Crippen molar-refractivity contribution in [3.05, 3.63) is 29.6 Å². The van der Waals surface area contributed by atoms with Crippen LogP contribution in [-0.4, -0.2) is 48.4 Å². The van der Waals surface area contributed by atoms with E-state index in [1.807, 2.05) is 0 Å². The van der Waals surface area contributed by atoms with Gasteiger partial charge in [-0.2, -0.15) is 0 Å². The van der Waals surface area contributed by atoms with Gasteiger partial charge >= 0.3 is 0 Å². The molecule has 0 radical (unpaired) electrons. The van der Waals surface area contributed by atoms with E-state index in [1.54, 1.807) is 0 Å². The summed E-state index contributed by atoms with van der Waals surface area (Å²) in [4.78, 5) is 13.1. The Labute approximate surface area is 103 Å². The fourth-order valence-electron chi connectivity index (χ4n) is 1.92. The van der Waals surface area contributed by atoms with Gasteiger partial charge in [-0.15, -0.1) is 0 Å². The molecule has 1 fully saturated rings. The SMILES string of the molecule is COc1cccc(C(=O)N2C[C@@H](O)[C@H](F)C2)c1F. The second-order valence-electron chi connectivity index (χ2n) is 4.12. The van der Waals surface area contributed by atoms with Crippen molar-refractivity contribution >= 4 is 5.91 Å². The summed E-state index contributed by atoms with van der Waals surface area (Å²) in [6.45, 7) is -0.354. The minimum Gasteiger partial charge on any atom is -0.494 e. The minimum absolute atomic E-state index is 0.0441. The van der Waals surface area contributed by atoms with Gasteiger partial charge in [0.2, 0.25) is 0 Å². The summed E-state index contributed by atoms with van der Waals surface area (Å²) in [7, 11) is 1.30. The van der Waals surface area contributed by atoms with Crippen LogP contribution in [0.5, 0.6) is 5.75 Å². The van der Waals surface area contributed by atoms with E-state index in [9.17, 15) is 18.7 Å². The van der Waals surface area contributed by atoms with Crippen LogP contribution in [0.2, 0.25) is 0 Å². The van der Waals surface area contributed by atoms with Gasteiger partial charge in [-0.1, -0.05) is 6.07 Å². The molecule has 0 spiro atoms. The fourth-order valence-corrected chi connectivity index (χ4v) is 1.92. The van der Waals surface area contributed by atoms with E-state index in [-0.39, 0.29) is 24.4 Å². The second-order valence-corrected chi connectivity index (χ2v) is 4.12. The van der Waals surface area contributed by atoms with Crippen LogP contribution in [0.25, 0.3) is 0 Å². The van der Waals surface area contributed by atoms with E-state index in [1.165, 1.54) is 25.3 Å². The molecule has 0 saturated carbocycles. The van der Waals surface area contributed by atoms with Crippen molar-refractivity contribution in [2.45, 2.75) is 12.3 Å². The van der Waals surface area contributed by atoms with E-state index in [0.29, 0.717) is 0 Å². The maximum atomic E-state index is 13.8. The van der Waals surface area contributed by atoms with Gasteiger partial charge in [-0.05, 0) is 12.1 Å². The number of amides is 1. The third-order valence-corrected chi connectivity index (χ3v) is 2.92. The average Bonchev–Trinajstić information content (AvgIpc) is 2.69. The lowest BCUT2D eigenvalue weighted by Crippen LogP contribution is -2.30. The van der Waals surface area contributed by atoms with Gasteiger partial charge in [0.05, 0.1) is 19.2 Å². The van der Waals surface area contributed by atoms with Crippen LogP contribution in [0, 0.1) is 5.82 Å². The first-order valence-corrected chi connectivity index (χ1v) is 5.48. The highest BCUT2D eigenvalue weighted by Gasteiger charge is 2.35. The molecule has 2 atom stereocenters. The van der Waals surface area contributed by atoms with Crippen LogP contribution in [-0.2, 0) is 0 Å². The maximum absolute atomic E-state index is 13.8. The van der Waals surface area contributed by atoms with Crippen LogP contribution in [0.3, 0.4) is 0 Å². The highest BCUT2D eigenvalue weighted by molar-refractivity contribution is 5.95. The Morgan fingerprint density at radius 1 is 1.50 bits per heavy atom. The van der Waals surface area contributed by atoms with Crippen LogP contribution in [0.1, 0.15) is 10.4 Å². The van der Waals surface area contributed by atoms with Crippen molar-refractivity contribution in [1.29, 1.82) is 0 Å². The summed E-state index contributed by atoms with van der Waals surface area (Å²) in [6, 6.07) is 4.18. The predicted octanol–water partition coefficient (Wildman–Crippen LogP) is 0.989. The van der Waals surface area contributed by atoms with Gasteiger partial charge in [-0.25, -0.2) is 8.78 Å². The Morgan fingerprint density at radius 3 is 2.78 bits per heavy atom. The first kappa shape index (κ1) is 12.8. The first-order valence-electron chi connectivity index (χ1n) is 5.48. The third kappa shape index (κ3) is 2.15. The van der Waals surface area contributed by atoms with Crippen molar-refractivity contribution in [3.8, 4) is 5.75 Å². The first-order chi connectivity index (χ1) is 8.54. The van der Waals surface area contributed by atoms with Gasteiger partial charge in [0.15, 0.2) is 11.6 Å². The molecule has 98 valence electrons. The molecule has 18 heavy (non-hydrogen) atoms. The normalized spacial score (nSPS) is 23.2. The zero-order chi connectivity index (χ0) is 13.3. The van der Waals surface area contributed by atoms with Gasteiger partial charge in [0.25, 0.3) is 5.91 Å². The lowest BCUT2D eigenvalue weighted by Gasteiger charge is -2.16. The Morgan fingerprint density at radius 2 is 2.22 bits per heavy atom. The standard InChI is InChI=1S/C12H13F2NO3/c1-18-10-4-2-3-7(11(10)14)12(17)15-5-8(13)9(16)6-15/h2-4,8-9,16H,5-6H2,1H3/t8-,9-/m1/s1. The Kier molecular flexibility index (Phi) is 3.47. The number of hydrogen-bond donors (Lipinski definition) is 1. The number of benzene rings is 1. The molecule has 1 N–H and O–H groups in total. The summed E-state index contributed by atoms with van der Waals surface area (Å²) in [5.41, 5.74) is -0.185. The monoisotopic (exact) mass is 257 g/mol. The van der Waals surface area contributed by atoms with E-state index < -0.39 is 24.0 Å². The summed E-state index contributed by atoms with van der Waals surface area (Å²) in [5, 5.41) is 9.25. The molecule has 0 aliphatic carbocycles. The van der Waals surface area contributed by atoms with E-state index in [4.69, 9.17) is 4.74 Å². The number of likely N-dealkylation sites (tertiary alicyclic amines) is 1. The number of nitrogens with zero attached hydrogens (tertiary/aromatic N) is 1. The number of β-amino-alcohol motifs (C(OH)–C–C–N with tert-alkyl or cyclic N) is 1. The zero-order valence-electron chi connectivity index (χ0n) is 9.77. The van der Waals surface area contributed by atoms with Crippen LogP contribution >= 0.6 is 0 Å². The van der Waals surface area contributed by atoms with Crippen molar-refractivity contribution < 1.29 is 23.4 Å². The van der Waals surface area contributed by atoms with Crippen molar-refractivity contribution in [1.82, 2.24) is 4.90 Å². The molecule has 1 aromatic carbocycles. The molecule has 6 heteroatoms. The fraction of sp³-hybridized carbons (Fsp3) is 0.417. The molecule has 0 aromatic heterocycles. The molecular weight excluding hydrogens is 244 g/mol. The number of rotatable bonds is 2. The smallest absolute Gasteiger partial charge is 0.257 e. The average molecular weight is 257 g/mol. The number of carbonyl (C=O) groups is 1. The lowest BCUT2D eigenvalue weighted by atomic mass is 10.1. The van der Waals surface area contributed by atoms with Crippen molar-refractivity contribution in [2.75, 3.05) is 20.2 Å². The molecule has 1 heterocycles. The predicted molar refractivity (Wildman–Crippen MR) is 59.8 cm³/mol. The number of methoxy groups -OCH3 is 1. The van der Waals surface area contributed by atoms with E-state index in [2.05, 4.69) is 0 Å². The Balaban J connectivity index is 2.24. The number of carbonyl (C=O) groups excluding carboxylic acids is 1. The minimum atomic E-state index is -1.48. The van der Waals surface area contributed by atoms with Crippen LogP contribution in [0.15, 0.2) is 18.2 Å². The summed E-state index contributed by atoms with van der Waals surface area (Å²) < 4.78 is 31.7. The largest absolute Gasteiger partial charge is 0.494 e. The maximum Gasteiger partial charge on any atom is 0.257 e. The molecule has 4 nitrogen and oxygen atoms in total. The molecule has 0 bridgehead atoms. The molecule has 1 aliphatic rings. The van der Waals surface area contributed by atoms with Crippen LogP contribution in [0.4, 0.5) is 8.78 Å². The Hall–Kier alpha value is -1.69. The van der Waals surface area contributed by atoms with Crippen LogP contribution < -0.4 is 4.74 Å². The summed E-state index contributed by atoms with van der Waals surface area (Å²) in [6.07, 6.45) is -2.69. The number of ether oxygens (including phenoxy) is 1. The number of halogens is 2. The summed E-state index contributed by atoms with van der Waals surface area (Å²) >= 11 is 0.